The van der Waals surface area contributed by atoms with E-state index < -0.39 is 0 Å². The molecule has 2 rings (SSSR count). The molecule has 0 aromatic heterocycles. The van der Waals surface area contributed by atoms with Crippen LogP contribution in [0.15, 0.2) is 0 Å². The first-order valence-corrected chi connectivity index (χ1v) is 9.82. The van der Waals surface area contributed by atoms with Crippen molar-refractivity contribution in [3.05, 3.63) is 0 Å². The molecule has 2 heteroatoms. The maximum absolute atomic E-state index is 3.83. The van der Waals surface area contributed by atoms with Gasteiger partial charge in [-0.15, -0.1) is 0 Å². The van der Waals surface area contributed by atoms with E-state index >= 15 is 0 Å². The van der Waals surface area contributed by atoms with Gasteiger partial charge in [-0.1, -0.05) is 58.8 Å². The smallest absolute Gasteiger partial charge is 0.0224 e. The molecule has 1 heterocycles. The van der Waals surface area contributed by atoms with E-state index in [4.69, 9.17) is 0 Å². The quantitative estimate of drug-likeness (QED) is 0.561. The molecule has 1 aliphatic carbocycles. The molecule has 2 atom stereocenters. The highest BCUT2D eigenvalue weighted by atomic mass is 15.2. The lowest BCUT2D eigenvalue weighted by Gasteiger charge is -2.41. The third-order valence-electron chi connectivity index (χ3n) is 5.43. The largest absolute Gasteiger partial charge is 0.311 e. The number of unbranched alkanes of at least 4 members (excludes halogenated alkanes) is 6. The lowest BCUT2D eigenvalue weighted by Crippen LogP contribution is -2.57. The van der Waals surface area contributed by atoms with Gasteiger partial charge in [-0.25, -0.2) is 0 Å². The van der Waals surface area contributed by atoms with Gasteiger partial charge >= 0.3 is 0 Å². The summed E-state index contributed by atoms with van der Waals surface area (Å²) in [5.74, 6) is 1.00. The van der Waals surface area contributed by atoms with Crippen LogP contribution in [0.25, 0.3) is 0 Å². The highest BCUT2D eigenvalue weighted by Gasteiger charge is 2.36. The van der Waals surface area contributed by atoms with Crippen LogP contribution < -0.4 is 5.32 Å². The maximum Gasteiger partial charge on any atom is 0.0224 e. The zero-order valence-corrected chi connectivity index (χ0v) is 14.6. The van der Waals surface area contributed by atoms with E-state index in [0.717, 1.165) is 18.0 Å². The number of nitrogens with one attached hydrogen (secondary N) is 1. The molecule has 0 radical (unpaired) electrons. The molecule has 0 amide bonds. The Hall–Kier alpha value is -0.0800. The molecule has 1 N–H and O–H groups in total. The average molecular weight is 295 g/mol. The summed E-state index contributed by atoms with van der Waals surface area (Å²) in [6, 6.07) is 1.62. The Labute approximate surface area is 133 Å². The molecule has 2 fully saturated rings. The van der Waals surface area contributed by atoms with E-state index in [9.17, 15) is 0 Å². The number of hydrogen-bond acceptors (Lipinski definition) is 2. The predicted molar refractivity (Wildman–Crippen MR) is 92.8 cm³/mol. The molecule has 21 heavy (non-hydrogen) atoms. The fourth-order valence-electron chi connectivity index (χ4n) is 3.86. The summed E-state index contributed by atoms with van der Waals surface area (Å²) in [5, 5.41) is 3.83. The highest BCUT2D eigenvalue weighted by molar-refractivity contribution is 4.94. The Morgan fingerprint density at radius 2 is 1.62 bits per heavy atom. The summed E-state index contributed by atoms with van der Waals surface area (Å²) in [6.07, 6.45) is 15.7. The van der Waals surface area contributed by atoms with Crippen LogP contribution in [-0.2, 0) is 0 Å². The first-order chi connectivity index (χ1) is 10.3. The van der Waals surface area contributed by atoms with E-state index in [-0.39, 0.29) is 0 Å². The minimum atomic E-state index is 0.808. The second-order valence-corrected chi connectivity index (χ2v) is 7.41. The van der Waals surface area contributed by atoms with Crippen LogP contribution in [0, 0.1) is 5.92 Å². The zero-order valence-electron chi connectivity index (χ0n) is 14.6. The molecule has 1 saturated heterocycles. The van der Waals surface area contributed by atoms with Crippen LogP contribution in [0.5, 0.6) is 0 Å². The Kier molecular flexibility index (Phi) is 8.10. The monoisotopic (exact) mass is 294 g/mol. The molecule has 2 nitrogen and oxygen atoms in total. The summed E-state index contributed by atoms with van der Waals surface area (Å²) in [5.41, 5.74) is 0. The van der Waals surface area contributed by atoms with Crippen molar-refractivity contribution in [3.63, 3.8) is 0 Å². The summed E-state index contributed by atoms with van der Waals surface area (Å²) in [6.45, 7) is 8.55. The van der Waals surface area contributed by atoms with Crippen LogP contribution in [0.3, 0.4) is 0 Å². The highest BCUT2D eigenvalue weighted by Crippen LogP contribution is 2.34. The van der Waals surface area contributed by atoms with Crippen molar-refractivity contribution in [2.75, 3.05) is 19.6 Å². The number of rotatable bonds is 11. The summed E-state index contributed by atoms with van der Waals surface area (Å²) in [4.78, 5) is 2.83. The van der Waals surface area contributed by atoms with E-state index in [0.29, 0.717) is 0 Å². The molecule has 1 saturated carbocycles. The second kappa shape index (κ2) is 9.84. The number of hydrogen-bond donors (Lipinski definition) is 1. The van der Waals surface area contributed by atoms with Crippen molar-refractivity contribution in [1.29, 1.82) is 0 Å². The van der Waals surface area contributed by atoms with Crippen molar-refractivity contribution >= 4 is 0 Å². The van der Waals surface area contributed by atoms with Gasteiger partial charge in [0.25, 0.3) is 0 Å². The fourth-order valence-corrected chi connectivity index (χ4v) is 3.86. The summed E-state index contributed by atoms with van der Waals surface area (Å²) in [7, 11) is 0. The summed E-state index contributed by atoms with van der Waals surface area (Å²) >= 11 is 0. The van der Waals surface area contributed by atoms with Gasteiger partial charge in [0.2, 0.25) is 0 Å². The van der Waals surface area contributed by atoms with E-state index in [1.807, 2.05) is 0 Å². The minimum absolute atomic E-state index is 0.808. The number of piperazine rings is 1. The first-order valence-electron chi connectivity index (χ1n) is 9.82. The fraction of sp³-hybridized carbons (Fsp3) is 1.00. The van der Waals surface area contributed by atoms with Gasteiger partial charge in [-0.3, -0.25) is 4.90 Å². The van der Waals surface area contributed by atoms with Crippen LogP contribution in [-0.4, -0.2) is 36.6 Å². The van der Waals surface area contributed by atoms with Crippen molar-refractivity contribution in [3.8, 4) is 0 Å². The molecule has 124 valence electrons. The zero-order chi connectivity index (χ0) is 14.9. The van der Waals surface area contributed by atoms with Crippen molar-refractivity contribution in [2.45, 2.75) is 96.6 Å². The van der Waals surface area contributed by atoms with Crippen LogP contribution in [0.1, 0.15) is 84.5 Å². The third kappa shape index (κ3) is 6.28. The van der Waals surface area contributed by atoms with Gasteiger partial charge in [-0.05, 0) is 38.1 Å². The van der Waals surface area contributed by atoms with E-state index in [2.05, 4.69) is 24.1 Å². The third-order valence-corrected chi connectivity index (χ3v) is 5.43. The molecule has 1 aliphatic heterocycles. The van der Waals surface area contributed by atoms with Gasteiger partial charge in [0.05, 0.1) is 0 Å². The Bertz CT molecular complexity index is 262. The van der Waals surface area contributed by atoms with Crippen molar-refractivity contribution in [2.24, 2.45) is 5.92 Å². The molecule has 2 unspecified atom stereocenters. The van der Waals surface area contributed by atoms with Gasteiger partial charge in [-0.2, -0.15) is 0 Å². The molecule has 0 aromatic carbocycles. The molecule has 0 spiro atoms. The molecule has 0 aromatic rings. The van der Waals surface area contributed by atoms with Crippen LogP contribution in [0.2, 0.25) is 0 Å². The van der Waals surface area contributed by atoms with Crippen molar-refractivity contribution < 1.29 is 0 Å². The molecular formula is C19H38N2. The SMILES string of the molecule is CCCCCCCCCN1CC(C2CC2)NCC1CCC. The van der Waals surface area contributed by atoms with Gasteiger partial charge in [0, 0.05) is 25.2 Å². The first kappa shape index (κ1) is 17.3. The standard InChI is InChI=1S/C19H38N2/c1-3-5-6-7-8-9-10-14-21-16-19(17-12-13-17)20-15-18(21)11-4-2/h17-20H,3-16H2,1-2H3. The molecule has 0 bridgehead atoms. The Morgan fingerprint density at radius 3 is 2.29 bits per heavy atom. The predicted octanol–water partition coefficient (Wildman–Crippen LogP) is 4.59. The van der Waals surface area contributed by atoms with E-state index in [1.54, 1.807) is 0 Å². The Morgan fingerprint density at radius 1 is 0.905 bits per heavy atom. The number of nitrogens with zero attached hydrogens (tertiary/aromatic N) is 1. The molecule has 2 aliphatic rings. The van der Waals surface area contributed by atoms with Crippen LogP contribution >= 0.6 is 0 Å². The second-order valence-electron chi connectivity index (χ2n) is 7.41. The lowest BCUT2D eigenvalue weighted by atomic mass is 10.0. The van der Waals surface area contributed by atoms with E-state index in [1.165, 1.54) is 90.3 Å². The van der Waals surface area contributed by atoms with Gasteiger partial charge in [0.1, 0.15) is 0 Å². The van der Waals surface area contributed by atoms with Crippen molar-refractivity contribution in [1.82, 2.24) is 10.2 Å². The van der Waals surface area contributed by atoms with Crippen LogP contribution in [0.4, 0.5) is 0 Å². The van der Waals surface area contributed by atoms with Gasteiger partial charge < -0.3 is 5.32 Å². The van der Waals surface area contributed by atoms with Gasteiger partial charge in [0.15, 0.2) is 0 Å². The Balaban J connectivity index is 1.62. The summed E-state index contributed by atoms with van der Waals surface area (Å²) < 4.78 is 0. The minimum Gasteiger partial charge on any atom is -0.311 e. The average Bonchev–Trinajstić information content (AvgIpc) is 3.33. The molecular weight excluding hydrogens is 256 g/mol. The lowest BCUT2D eigenvalue weighted by molar-refractivity contribution is 0.113. The topological polar surface area (TPSA) is 15.3 Å². The normalized spacial score (nSPS) is 27.1. The maximum atomic E-state index is 3.83.